The van der Waals surface area contributed by atoms with Gasteiger partial charge in [-0.3, -0.25) is 28.6 Å². The van der Waals surface area contributed by atoms with Crippen molar-refractivity contribution in [2.24, 2.45) is 0 Å². The lowest BCUT2D eigenvalue weighted by Gasteiger charge is -2.38. The van der Waals surface area contributed by atoms with Crippen molar-refractivity contribution in [3.63, 3.8) is 0 Å². The first-order chi connectivity index (χ1) is 17.9. The van der Waals surface area contributed by atoms with Crippen LogP contribution in [0.4, 0.5) is 0 Å². The van der Waals surface area contributed by atoms with Crippen LogP contribution in [0.3, 0.4) is 0 Å². The number of phosphoric acid groups is 1. The largest absolute Gasteiger partial charge is 0.469 e. The molecule has 1 fully saturated rings. The Labute approximate surface area is 223 Å². The van der Waals surface area contributed by atoms with Gasteiger partial charge in [0.2, 0.25) is 0 Å². The Morgan fingerprint density at radius 3 is 2.45 bits per heavy atom. The highest BCUT2D eigenvalue weighted by Crippen LogP contribution is 2.38. The molecule has 1 aliphatic heterocycles. The maximum absolute atomic E-state index is 12.8. The highest BCUT2D eigenvalue weighted by Gasteiger charge is 2.40. The van der Waals surface area contributed by atoms with Crippen molar-refractivity contribution in [2.75, 3.05) is 52.4 Å². The average molecular weight is 564 g/mol. The number of likely N-dealkylation sites (N-methyl/N-ethyl adjacent to an activating group) is 2. The summed E-state index contributed by atoms with van der Waals surface area (Å²) in [7, 11) is -4.80. The molecule has 13 nitrogen and oxygen atoms in total. The average Bonchev–Trinajstić information content (AvgIpc) is 3.26. The van der Waals surface area contributed by atoms with E-state index in [1.54, 1.807) is 0 Å². The summed E-state index contributed by atoms with van der Waals surface area (Å²) in [6, 6.07) is 0. The van der Waals surface area contributed by atoms with Crippen molar-refractivity contribution in [3.8, 4) is 0 Å². The first-order valence-electron chi connectivity index (χ1n) is 13.3. The van der Waals surface area contributed by atoms with Gasteiger partial charge in [-0.2, -0.15) is 0 Å². The zero-order valence-electron chi connectivity index (χ0n) is 23.1. The molecule has 2 rings (SSSR count). The molecule has 1 aromatic heterocycles. The van der Waals surface area contributed by atoms with Crippen molar-refractivity contribution < 1.29 is 37.6 Å². The van der Waals surface area contributed by atoms with E-state index in [-0.39, 0.29) is 18.4 Å². The molecule has 0 bridgehead atoms. The second-order valence-electron chi connectivity index (χ2n) is 9.71. The van der Waals surface area contributed by atoms with Gasteiger partial charge >= 0.3 is 19.5 Å². The summed E-state index contributed by atoms with van der Waals surface area (Å²) >= 11 is 0. The summed E-state index contributed by atoms with van der Waals surface area (Å²) in [6.07, 6.45) is -0.620. The first-order valence-corrected chi connectivity index (χ1v) is 14.8. The van der Waals surface area contributed by atoms with Crippen LogP contribution in [0.15, 0.2) is 15.8 Å². The number of aromatic amines is 1. The topological polar surface area (TPSA) is 160 Å². The minimum Gasteiger partial charge on any atom is -0.459 e. The number of nitrogens with one attached hydrogen (secondary N) is 1. The Bertz CT molecular complexity index is 1060. The molecule has 218 valence electrons. The zero-order valence-corrected chi connectivity index (χ0v) is 24.0. The van der Waals surface area contributed by atoms with Crippen LogP contribution in [0.1, 0.15) is 58.7 Å². The molecule has 3 N–H and O–H groups in total. The number of quaternary nitrogens is 1. The van der Waals surface area contributed by atoms with Crippen LogP contribution in [-0.4, -0.2) is 99.3 Å². The molecule has 3 atom stereocenters. The number of nitrogens with zero attached hydrogens (tertiary/aromatic N) is 3. The number of carbonyl (C=O) groups excluding carboxylic acids is 1. The van der Waals surface area contributed by atoms with E-state index >= 15 is 0 Å². The fourth-order valence-electron chi connectivity index (χ4n) is 4.76. The van der Waals surface area contributed by atoms with E-state index in [2.05, 4.69) is 42.1 Å². The molecule has 38 heavy (non-hydrogen) atoms. The first kappa shape index (κ1) is 32.4. The normalized spacial score (nSPS) is 20.3. The van der Waals surface area contributed by atoms with E-state index in [0.29, 0.717) is 6.42 Å². The minimum atomic E-state index is -4.80. The molecule has 0 aliphatic carbocycles. The van der Waals surface area contributed by atoms with E-state index < -0.39 is 50.1 Å². The Balaban J connectivity index is 2.04. The van der Waals surface area contributed by atoms with Gasteiger partial charge in [0, 0.05) is 31.1 Å². The van der Waals surface area contributed by atoms with Gasteiger partial charge in [-0.15, -0.1) is 0 Å². The smallest absolute Gasteiger partial charge is 0.459 e. The molecule has 1 aromatic rings. The van der Waals surface area contributed by atoms with Gasteiger partial charge in [-0.05, 0) is 33.9 Å². The number of carbonyl (C=O) groups is 1. The third-order valence-corrected chi connectivity index (χ3v) is 7.95. The van der Waals surface area contributed by atoms with Gasteiger partial charge in [-0.1, -0.05) is 13.8 Å². The maximum Gasteiger partial charge on any atom is 0.469 e. The van der Waals surface area contributed by atoms with Gasteiger partial charge in [-0.25, -0.2) is 9.36 Å². The molecule has 1 saturated heterocycles. The quantitative estimate of drug-likeness (QED) is 0.151. The number of ether oxygens (including phenoxy) is 2. The molecule has 0 spiro atoms. The summed E-state index contributed by atoms with van der Waals surface area (Å²) in [5.41, 5.74) is -0.948. The van der Waals surface area contributed by atoms with Gasteiger partial charge in [0.05, 0.1) is 39.2 Å². The third-order valence-electron chi connectivity index (χ3n) is 7.47. The Morgan fingerprint density at radius 1 is 1.21 bits per heavy atom. The molecule has 0 saturated carbocycles. The van der Waals surface area contributed by atoms with Gasteiger partial charge in [0.25, 0.3) is 5.56 Å². The molecule has 0 radical (unpaired) electrons. The van der Waals surface area contributed by atoms with Gasteiger partial charge < -0.3 is 23.7 Å². The lowest BCUT2D eigenvalue weighted by atomic mass is 10.1. The molecule has 0 aromatic carbocycles. The lowest BCUT2D eigenvalue weighted by molar-refractivity contribution is -0.924. The van der Waals surface area contributed by atoms with E-state index in [0.717, 1.165) is 50.3 Å². The number of aromatic nitrogens is 2. The molecule has 0 unspecified atom stereocenters. The number of aryl methyl sites for hydroxylation is 1. The summed E-state index contributed by atoms with van der Waals surface area (Å²) in [6.45, 7) is 16.3. The fourth-order valence-corrected chi connectivity index (χ4v) is 5.10. The summed E-state index contributed by atoms with van der Waals surface area (Å²) in [4.78, 5) is 59.6. The van der Waals surface area contributed by atoms with E-state index in [4.69, 9.17) is 19.3 Å². The monoisotopic (exact) mass is 563 g/mol. The third kappa shape index (κ3) is 9.41. The number of hydrogen-bond donors (Lipinski definition) is 3. The van der Waals surface area contributed by atoms with E-state index in [1.807, 2.05) is 0 Å². The SMILES string of the molecule is CCN(CC)CC[N+](CC)(CC)CCCC(=O)O[C@H]1C[C@H](n2cc(C)c(=O)[nH]c2=O)O[C@@H]1COP(=O)(O)O. The van der Waals surface area contributed by atoms with Crippen LogP contribution >= 0.6 is 7.82 Å². The van der Waals surface area contributed by atoms with Crippen LogP contribution in [0.25, 0.3) is 0 Å². The second-order valence-corrected chi connectivity index (χ2v) is 10.9. The summed E-state index contributed by atoms with van der Waals surface area (Å²) in [5, 5.41) is 0. The number of esters is 1. The lowest BCUT2D eigenvalue weighted by Crippen LogP contribution is -2.52. The van der Waals surface area contributed by atoms with Crippen LogP contribution < -0.4 is 11.2 Å². The van der Waals surface area contributed by atoms with E-state index in [1.165, 1.54) is 17.7 Å². The van der Waals surface area contributed by atoms with Crippen LogP contribution in [0, 0.1) is 6.92 Å². The minimum absolute atomic E-state index is 0.0557. The molecule has 14 heteroatoms. The van der Waals surface area contributed by atoms with Gasteiger partial charge in [0.1, 0.15) is 18.4 Å². The predicted molar refractivity (Wildman–Crippen MR) is 141 cm³/mol. The van der Waals surface area contributed by atoms with Crippen molar-refractivity contribution in [3.05, 3.63) is 32.6 Å². The fraction of sp³-hybridized carbons (Fsp3) is 0.792. The van der Waals surface area contributed by atoms with E-state index in [9.17, 15) is 18.9 Å². The number of hydrogen-bond acceptors (Lipinski definition) is 8. The van der Waals surface area contributed by atoms with Crippen molar-refractivity contribution in [2.45, 2.75) is 72.3 Å². The molecular formula is C24H44N4O9P+. The van der Waals surface area contributed by atoms with Crippen LogP contribution in [0.5, 0.6) is 0 Å². The number of rotatable bonds is 16. The Morgan fingerprint density at radius 2 is 1.87 bits per heavy atom. The summed E-state index contributed by atoms with van der Waals surface area (Å²) < 4.78 is 29.3. The summed E-state index contributed by atoms with van der Waals surface area (Å²) in [5.74, 6) is -0.459. The molecular weight excluding hydrogens is 519 g/mol. The highest BCUT2D eigenvalue weighted by molar-refractivity contribution is 7.46. The number of H-pyrrole nitrogens is 1. The number of phosphoric ester groups is 1. The van der Waals surface area contributed by atoms with Crippen molar-refractivity contribution in [1.29, 1.82) is 0 Å². The Kier molecular flexibility index (Phi) is 12.3. The zero-order chi connectivity index (χ0) is 28.5. The maximum atomic E-state index is 12.8. The molecule has 2 heterocycles. The molecule has 0 amide bonds. The van der Waals surface area contributed by atoms with Crippen LogP contribution in [-0.2, 0) is 23.4 Å². The van der Waals surface area contributed by atoms with Crippen molar-refractivity contribution in [1.82, 2.24) is 14.5 Å². The second kappa shape index (κ2) is 14.5. The standard InChI is InChI=1S/C24H43N4O9P/c1-6-26(7-2)12-14-28(8-3,9-4)13-10-11-22(29)37-19-15-21(36-20(19)17-35-38(32,33)34)27-16-18(5)23(30)25-24(27)31/h16,19-21H,6-15,17H2,1-5H3,(H2-,25,30,31,32,33,34)/p+1/t19-,20+,21+/m0/s1. The highest BCUT2D eigenvalue weighted by atomic mass is 31.2. The van der Waals surface area contributed by atoms with Gasteiger partial charge in [0.15, 0.2) is 0 Å². The van der Waals surface area contributed by atoms with Crippen molar-refractivity contribution >= 4 is 13.8 Å². The predicted octanol–water partition coefficient (Wildman–Crippen LogP) is 1.13. The van der Waals surface area contributed by atoms with Crippen LogP contribution in [0.2, 0.25) is 0 Å². The Hall–Kier alpha value is -1.86. The molecule has 1 aliphatic rings.